The quantitative estimate of drug-likeness (QED) is 0.792. The Hall–Kier alpha value is -2.30. The van der Waals surface area contributed by atoms with E-state index in [1.807, 2.05) is 43.0 Å². The average molecular weight is 398 g/mol. The molecule has 1 aliphatic rings. The summed E-state index contributed by atoms with van der Waals surface area (Å²) >= 11 is 6.32. The van der Waals surface area contributed by atoms with E-state index in [9.17, 15) is 4.79 Å². The van der Waals surface area contributed by atoms with E-state index >= 15 is 0 Å². The summed E-state index contributed by atoms with van der Waals surface area (Å²) in [6.07, 6.45) is 4.34. The lowest BCUT2D eigenvalue weighted by Gasteiger charge is -2.34. The average Bonchev–Trinajstić information content (AvgIpc) is 2.68. The van der Waals surface area contributed by atoms with Gasteiger partial charge in [0.1, 0.15) is 0 Å². The largest absolute Gasteiger partial charge is 0.375 e. The molecule has 148 valence electrons. The van der Waals surface area contributed by atoms with Crippen molar-refractivity contribution in [3.05, 3.63) is 70.3 Å². The normalized spacial score (nSPS) is 15.2. The molecule has 1 heterocycles. The molecule has 2 aromatic carbocycles. The van der Waals surface area contributed by atoms with Crippen molar-refractivity contribution in [1.82, 2.24) is 9.80 Å². The maximum absolute atomic E-state index is 12.6. The topological polar surface area (TPSA) is 35.6 Å². The molecule has 5 heteroatoms. The van der Waals surface area contributed by atoms with Crippen LogP contribution in [0.15, 0.2) is 48.5 Å². The summed E-state index contributed by atoms with van der Waals surface area (Å²) < 4.78 is 0. The van der Waals surface area contributed by atoms with Gasteiger partial charge in [0.25, 0.3) is 0 Å². The van der Waals surface area contributed by atoms with Crippen molar-refractivity contribution in [3.63, 3.8) is 0 Å². The van der Waals surface area contributed by atoms with E-state index in [2.05, 4.69) is 40.6 Å². The van der Waals surface area contributed by atoms with E-state index in [4.69, 9.17) is 11.6 Å². The third-order valence-electron chi connectivity index (χ3n) is 5.05. The molecule has 0 saturated carbocycles. The van der Waals surface area contributed by atoms with Crippen molar-refractivity contribution in [2.45, 2.75) is 13.8 Å². The van der Waals surface area contributed by atoms with Gasteiger partial charge in [-0.25, -0.2) is 0 Å². The predicted octanol–water partition coefficient (Wildman–Crippen LogP) is 4.23. The third-order valence-corrected chi connectivity index (χ3v) is 5.34. The molecule has 2 aromatic rings. The van der Waals surface area contributed by atoms with Crippen LogP contribution in [-0.4, -0.2) is 55.0 Å². The van der Waals surface area contributed by atoms with Gasteiger partial charge in [-0.3, -0.25) is 9.69 Å². The zero-order valence-electron chi connectivity index (χ0n) is 16.6. The van der Waals surface area contributed by atoms with Crippen LogP contribution in [0.25, 0.3) is 6.08 Å². The number of halogens is 1. The fourth-order valence-corrected chi connectivity index (χ4v) is 3.89. The van der Waals surface area contributed by atoms with Crippen LogP contribution < -0.4 is 5.32 Å². The van der Waals surface area contributed by atoms with Gasteiger partial charge in [-0.05, 0) is 36.6 Å². The van der Waals surface area contributed by atoms with E-state index < -0.39 is 0 Å². The van der Waals surface area contributed by atoms with Crippen LogP contribution in [0.3, 0.4) is 0 Å². The Kier molecular flexibility index (Phi) is 7.12. The Bertz CT molecular complexity index is 804. The van der Waals surface area contributed by atoms with Gasteiger partial charge in [-0.2, -0.15) is 0 Å². The number of anilines is 1. The van der Waals surface area contributed by atoms with Crippen LogP contribution in [-0.2, 0) is 4.79 Å². The minimum atomic E-state index is 0.121. The number of carbonyl (C=O) groups is 1. The standard InChI is InChI=1S/C23H28ClN3O/c1-18-15-19(2)23(21(24)16-18)25-17-22(28)27-13-11-26(12-14-27)10-6-9-20-7-4-3-5-8-20/h3-9,15-16,25H,10-14,17H2,1-2H3/b9-6+. The Balaban J connectivity index is 1.43. The van der Waals surface area contributed by atoms with Crippen LogP contribution in [0.1, 0.15) is 16.7 Å². The number of benzene rings is 2. The molecule has 1 saturated heterocycles. The fraction of sp³-hybridized carbons (Fsp3) is 0.348. The fourth-order valence-electron chi connectivity index (χ4n) is 3.50. The molecule has 0 spiro atoms. The molecular formula is C23H28ClN3O. The number of nitrogens with zero attached hydrogens (tertiary/aromatic N) is 2. The molecule has 1 N–H and O–H groups in total. The van der Waals surface area contributed by atoms with Crippen LogP contribution in [0.4, 0.5) is 5.69 Å². The molecule has 0 radical (unpaired) electrons. The number of aryl methyl sites for hydroxylation is 2. The van der Waals surface area contributed by atoms with E-state index in [-0.39, 0.29) is 12.5 Å². The second kappa shape index (κ2) is 9.76. The molecule has 4 nitrogen and oxygen atoms in total. The zero-order chi connectivity index (χ0) is 19.9. The van der Waals surface area contributed by atoms with Gasteiger partial charge in [0, 0.05) is 32.7 Å². The molecule has 1 aliphatic heterocycles. The highest BCUT2D eigenvalue weighted by Gasteiger charge is 2.20. The van der Waals surface area contributed by atoms with Gasteiger partial charge in [-0.1, -0.05) is 60.2 Å². The van der Waals surface area contributed by atoms with Crippen LogP contribution >= 0.6 is 11.6 Å². The molecular weight excluding hydrogens is 370 g/mol. The third kappa shape index (κ3) is 5.60. The lowest BCUT2D eigenvalue weighted by atomic mass is 10.1. The van der Waals surface area contributed by atoms with Gasteiger partial charge in [0.05, 0.1) is 17.3 Å². The number of piperazine rings is 1. The molecule has 1 amide bonds. The first-order chi connectivity index (χ1) is 13.5. The first kappa shape index (κ1) is 20.4. The van der Waals surface area contributed by atoms with Gasteiger partial charge in [0.15, 0.2) is 0 Å². The second-order valence-corrected chi connectivity index (χ2v) is 7.69. The van der Waals surface area contributed by atoms with E-state index in [1.165, 1.54) is 5.56 Å². The van der Waals surface area contributed by atoms with E-state index in [1.54, 1.807) is 0 Å². The van der Waals surface area contributed by atoms with Crippen molar-refractivity contribution in [3.8, 4) is 0 Å². The maximum Gasteiger partial charge on any atom is 0.241 e. The molecule has 0 aromatic heterocycles. The van der Waals surface area contributed by atoms with Gasteiger partial charge in [0.2, 0.25) is 5.91 Å². The second-order valence-electron chi connectivity index (χ2n) is 7.29. The van der Waals surface area contributed by atoms with Crippen LogP contribution in [0, 0.1) is 13.8 Å². The highest BCUT2D eigenvalue weighted by Crippen LogP contribution is 2.27. The maximum atomic E-state index is 12.6. The monoisotopic (exact) mass is 397 g/mol. The molecule has 3 rings (SSSR count). The van der Waals surface area contributed by atoms with E-state index in [0.29, 0.717) is 5.02 Å². The lowest BCUT2D eigenvalue weighted by Crippen LogP contribution is -2.50. The van der Waals surface area contributed by atoms with E-state index in [0.717, 1.165) is 49.5 Å². The first-order valence-corrected chi connectivity index (χ1v) is 10.1. The zero-order valence-corrected chi connectivity index (χ0v) is 17.4. The van der Waals surface area contributed by atoms with Crippen LogP contribution in [0.5, 0.6) is 0 Å². The Morgan fingerprint density at radius 3 is 2.50 bits per heavy atom. The minimum absolute atomic E-state index is 0.121. The number of nitrogens with one attached hydrogen (secondary N) is 1. The highest BCUT2D eigenvalue weighted by atomic mass is 35.5. The summed E-state index contributed by atoms with van der Waals surface area (Å²) in [6, 6.07) is 14.3. The van der Waals surface area contributed by atoms with Gasteiger partial charge in [-0.15, -0.1) is 0 Å². The van der Waals surface area contributed by atoms with Crippen LogP contribution in [0.2, 0.25) is 5.02 Å². The molecule has 0 bridgehead atoms. The van der Waals surface area contributed by atoms with Crippen molar-refractivity contribution in [2.24, 2.45) is 0 Å². The van der Waals surface area contributed by atoms with Gasteiger partial charge >= 0.3 is 0 Å². The smallest absolute Gasteiger partial charge is 0.241 e. The molecule has 0 atom stereocenters. The summed E-state index contributed by atoms with van der Waals surface area (Å²) in [6.45, 7) is 8.53. The number of hydrogen-bond acceptors (Lipinski definition) is 3. The lowest BCUT2D eigenvalue weighted by molar-refractivity contribution is -0.130. The minimum Gasteiger partial charge on any atom is -0.375 e. The molecule has 28 heavy (non-hydrogen) atoms. The summed E-state index contributed by atoms with van der Waals surface area (Å²) in [5.74, 6) is 0.121. The Labute approximate surface area is 172 Å². The number of rotatable bonds is 6. The summed E-state index contributed by atoms with van der Waals surface area (Å²) in [5, 5.41) is 3.89. The van der Waals surface area contributed by atoms with Crippen molar-refractivity contribution in [1.29, 1.82) is 0 Å². The first-order valence-electron chi connectivity index (χ1n) is 9.75. The Morgan fingerprint density at radius 1 is 1.11 bits per heavy atom. The van der Waals surface area contributed by atoms with Gasteiger partial charge < -0.3 is 10.2 Å². The number of amides is 1. The molecule has 1 fully saturated rings. The van der Waals surface area contributed by atoms with Crippen molar-refractivity contribution < 1.29 is 4.79 Å². The highest BCUT2D eigenvalue weighted by molar-refractivity contribution is 6.33. The Morgan fingerprint density at radius 2 is 1.82 bits per heavy atom. The SMILES string of the molecule is Cc1cc(C)c(NCC(=O)N2CCN(C/C=C/c3ccccc3)CC2)c(Cl)c1. The van der Waals surface area contributed by atoms with Crippen molar-refractivity contribution >= 4 is 29.3 Å². The summed E-state index contributed by atoms with van der Waals surface area (Å²) in [4.78, 5) is 16.9. The number of carbonyl (C=O) groups excluding carboxylic acids is 1. The predicted molar refractivity (Wildman–Crippen MR) is 118 cm³/mol. The number of hydrogen-bond donors (Lipinski definition) is 1. The molecule has 0 aliphatic carbocycles. The van der Waals surface area contributed by atoms with Crippen molar-refractivity contribution in [2.75, 3.05) is 44.6 Å². The summed E-state index contributed by atoms with van der Waals surface area (Å²) in [7, 11) is 0. The molecule has 0 unspecified atom stereocenters. The summed E-state index contributed by atoms with van der Waals surface area (Å²) in [5.41, 5.74) is 4.25.